The molecule has 0 aromatic heterocycles. The summed E-state index contributed by atoms with van der Waals surface area (Å²) in [6.45, 7) is 2.99. The maximum atomic E-state index is 13.3. The van der Waals surface area contributed by atoms with Gasteiger partial charge in [-0.3, -0.25) is 9.59 Å². The summed E-state index contributed by atoms with van der Waals surface area (Å²) in [5, 5.41) is 0. The van der Waals surface area contributed by atoms with E-state index in [1.807, 2.05) is 23.1 Å². The van der Waals surface area contributed by atoms with Crippen LogP contribution < -0.4 is 14.5 Å². The molecule has 3 aromatic carbocycles. The van der Waals surface area contributed by atoms with Gasteiger partial charge in [0.2, 0.25) is 0 Å². The second kappa shape index (κ2) is 8.94. The molecule has 0 atom stereocenters. The average molecular weight is 445 g/mol. The van der Waals surface area contributed by atoms with Crippen molar-refractivity contribution >= 4 is 23.2 Å². The van der Waals surface area contributed by atoms with Crippen LogP contribution in [0.5, 0.6) is 5.75 Å². The van der Waals surface area contributed by atoms with Crippen molar-refractivity contribution in [3.8, 4) is 5.75 Å². The van der Waals surface area contributed by atoms with E-state index in [0.717, 1.165) is 24.3 Å². The highest BCUT2D eigenvalue weighted by Gasteiger charge is 2.28. The predicted octanol–water partition coefficient (Wildman–Crippen LogP) is 3.71. The topological polar surface area (TPSA) is 53.1 Å². The van der Waals surface area contributed by atoms with Gasteiger partial charge in [-0.2, -0.15) is 0 Å². The minimum Gasteiger partial charge on any atom is -0.482 e. The van der Waals surface area contributed by atoms with Crippen LogP contribution in [0, 0.1) is 5.82 Å². The number of carbonyl (C=O) groups excluding carboxylic acids is 2. The molecular weight excluding hydrogens is 421 g/mol. The Morgan fingerprint density at radius 1 is 0.909 bits per heavy atom. The van der Waals surface area contributed by atoms with Gasteiger partial charge in [-0.25, -0.2) is 4.39 Å². The SMILES string of the molecule is O=C(c1ccc2c(c1)N(Cc1ccc(F)cc1)C(=O)CO2)N1CCN(c2ccccc2)CC1. The molecule has 0 saturated carbocycles. The normalized spacial score (nSPS) is 15.8. The Balaban J connectivity index is 1.33. The van der Waals surface area contributed by atoms with Gasteiger partial charge in [-0.05, 0) is 48.0 Å². The number of ether oxygens (including phenoxy) is 1. The van der Waals surface area contributed by atoms with E-state index in [4.69, 9.17) is 4.74 Å². The van der Waals surface area contributed by atoms with E-state index in [-0.39, 0.29) is 30.8 Å². The number of benzene rings is 3. The van der Waals surface area contributed by atoms with Crippen molar-refractivity contribution in [1.29, 1.82) is 0 Å². The first-order chi connectivity index (χ1) is 16.1. The zero-order valence-corrected chi connectivity index (χ0v) is 18.1. The predicted molar refractivity (Wildman–Crippen MR) is 124 cm³/mol. The highest BCUT2D eigenvalue weighted by atomic mass is 19.1. The lowest BCUT2D eigenvalue weighted by atomic mass is 10.1. The van der Waals surface area contributed by atoms with Crippen molar-refractivity contribution in [3.05, 3.63) is 89.7 Å². The third kappa shape index (κ3) is 4.39. The maximum Gasteiger partial charge on any atom is 0.265 e. The van der Waals surface area contributed by atoms with Crippen LogP contribution in [0.3, 0.4) is 0 Å². The van der Waals surface area contributed by atoms with Gasteiger partial charge >= 0.3 is 0 Å². The molecule has 7 heteroatoms. The Morgan fingerprint density at radius 2 is 1.64 bits per heavy atom. The lowest BCUT2D eigenvalue weighted by molar-refractivity contribution is -0.121. The molecule has 1 fully saturated rings. The number of hydrogen-bond acceptors (Lipinski definition) is 4. The molecule has 0 unspecified atom stereocenters. The Hall–Kier alpha value is -3.87. The summed E-state index contributed by atoms with van der Waals surface area (Å²) in [6, 6.07) is 21.4. The van der Waals surface area contributed by atoms with E-state index >= 15 is 0 Å². The first-order valence-corrected chi connectivity index (χ1v) is 11.0. The van der Waals surface area contributed by atoms with Gasteiger partial charge in [0, 0.05) is 37.4 Å². The third-order valence-electron chi connectivity index (χ3n) is 6.09. The third-order valence-corrected chi connectivity index (χ3v) is 6.09. The molecule has 0 radical (unpaired) electrons. The van der Waals surface area contributed by atoms with Crippen molar-refractivity contribution < 1.29 is 18.7 Å². The molecule has 2 heterocycles. The zero-order valence-electron chi connectivity index (χ0n) is 18.1. The Morgan fingerprint density at radius 3 is 2.36 bits per heavy atom. The molecule has 1 saturated heterocycles. The van der Waals surface area contributed by atoms with E-state index < -0.39 is 0 Å². The van der Waals surface area contributed by atoms with Gasteiger partial charge < -0.3 is 19.4 Å². The maximum absolute atomic E-state index is 13.3. The highest BCUT2D eigenvalue weighted by molar-refractivity contribution is 6.01. The zero-order chi connectivity index (χ0) is 22.8. The highest BCUT2D eigenvalue weighted by Crippen LogP contribution is 2.34. The van der Waals surface area contributed by atoms with E-state index in [1.165, 1.54) is 12.1 Å². The minimum atomic E-state index is -0.326. The summed E-state index contributed by atoms with van der Waals surface area (Å²) in [6.07, 6.45) is 0. The standard InChI is InChI=1S/C26H24FN3O3/c27-21-9-6-19(7-10-21)17-30-23-16-20(8-11-24(23)33-18-25(30)31)26(32)29-14-12-28(13-15-29)22-4-2-1-3-5-22/h1-11,16H,12-15,17-18H2. The number of para-hydroxylation sites is 1. The van der Waals surface area contributed by atoms with Crippen molar-refractivity contribution in [1.82, 2.24) is 4.90 Å². The van der Waals surface area contributed by atoms with Gasteiger partial charge in [-0.1, -0.05) is 30.3 Å². The van der Waals surface area contributed by atoms with Crippen molar-refractivity contribution in [2.75, 3.05) is 42.6 Å². The Bertz CT molecular complexity index is 1160. The molecule has 0 bridgehead atoms. The second-order valence-electron chi connectivity index (χ2n) is 8.19. The van der Waals surface area contributed by atoms with Crippen molar-refractivity contribution in [2.45, 2.75) is 6.54 Å². The van der Waals surface area contributed by atoms with Crippen molar-refractivity contribution in [3.63, 3.8) is 0 Å². The molecule has 3 aromatic rings. The van der Waals surface area contributed by atoms with Crippen LogP contribution in [0.1, 0.15) is 15.9 Å². The van der Waals surface area contributed by atoms with Gasteiger partial charge in [0.05, 0.1) is 12.2 Å². The van der Waals surface area contributed by atoms with Crippen LogP contribution in [0.25, 0.3) is 0 Å². The molecule has 0 spiro atoms. The summed E-state index contributed by atoms with van der Waals surface area (Å²) in [5.74, 6) is -0.0342. The summed E-state index contributed by atoms with van der Waals surface area (Å²) < 4.78 is 18.9. The number of carbonyl (C=O) groups is 2. The van der Waals surface area contributed by atoms with Crippen LogP contribution in [-0.2, 0) is 11.3 Å². The van der Waals surface area contributed by atoms with Crippen LogP contribution in [0.2, 0.25) is 0 Å². The Labute approximate surface area is 191 Å². The number of hydrogen-bond donors (Lipinski definition) is 0. The second-order valence-corrected chi connectivity index (χ2v) is 8.19. The Kier molecular flexibility index (Phi) is 5.69. The molecule has 2 amide bonds. The van der Waals surface area contributed by atoms with Gasteiger partial charge in [0.1, 0.15) is 11.6 Å². The number of halogens is 1. The van der Waals surface area contributed by atoms with Gasteiger partial charge in [0.15, 0.2) is 6.61 Å². The van der Waals surface area contributed by atoms with E-state index in [2.05, 4.69) is 17.0 Å². The fourth-order valence-electron chi connectivity index (χ4n) is 4.27. The molecule has 5 rings (SSSR count). The summed E-state index contributed by atoms with van der Waals surface area (Å²) in [7, 11) is 0. The summed E-state index contributed by atoms with van der Waals surface area (Å²) >= 11 is 0. The number of amides is 2. The quantitative estimate of drug-likeness (QED) is 0.614. The van der Waals surface area contributed by atoms with E-state index in [1.54, 1.807) is 35.2 Å². The van der Waals surface area contributed by atoms with Crippen LogP contribution >= 0.6 is 0 Å². The average Bonchev–Trinajstić information content (AvgIpc) is 2.87. The summed E-state index contributed by atoms with van der Waals surface area (Å²) in [5.41, 5.74) is 3.03. The van der Waals surface area contributed by atoms with E-state index in [9.17, 15) is 14.0 Å². The summed E-state index contributed by atoms with van der Waals surface area (Å²) in [4.78, 5) is 31.6. The number of rotatable bonds is 4. The molecule has 6 nitrogen and oxygen atoms in total. The van der Waals surface area contributed by atoms with Crippen molar-refractivity contribution in [2.24, 2.45) is 0 Å². The number of fused-ring (bicyclic) bond motifs is 1. The lowest BCUT2D eigenvalue weighted by Gasteiger charge is -2.36. The molecule has 168 valence electrons. The van der Waals surface area contributed by atoms with Gasteiger partial charge in [-0.15, -0.1) is 0 Å². The fourth-order valence-corrected chi connectivity index (χ4v) is 4.27. The van der Waals surface area contributed by atoms with Crippen LogP contribution in [-0.4, -0.2) is 49.5 Å². The molecule has 2 aliphatic heterocycles. The lowest BCUT2D eigenvalue weighted by Crippen LogP contribution is -2.48. The largest absolute Gasteiger partial charge is 0.482 e. The monoisotopic (exact) mass is 445 g/mol. The molecule has 0 aliphatic carbocycles. The number of nitrogens with zero attached hydrogens (tertiary/aromatic N) is 3. The molecule has 33 heavy (non-hydrogen) atoms. The first kappa shape index (κ1) is 21.0. The molecular formula is C26H24FN3O3. The van der Waals surface area contributed by atoms with Crippen LogP contribution in [0.4, 0.5) is 15.8 Å². The van der Waals surface area contributed by atoms with E-state index in [0.29, 0.717) is 30.1 Å². The minimum absolute atomic E-state index is 0.0646. The molecule has 0 N–H and O–H groups in total. The number of piperazine rings is 1. The van der Waals surface area contributed by atoms with Crippen LogP contribution in [0.15, 0.2) is 72.8 Å². The fraction of sp³-hybridized carbons (Fsp3) is 0.231. The smallest absolute Gasteiger partial charge is 0.265 e. The first-order valence-electron chi connectivity index (χ1n) is 11.0. The number of anilines is 2. The van der Waals surface area contributed by atoms with Gasteiger partial charge in [0.25, 0.3) is 11.8 Å². The molecule has 2 aliphatic rings.